The van der Waals surface area contributed by atoms with Crippen molar-refractivity contribution in [1.29, 1.82) is 0 Å². The van der Waals surface area contributed by atoms with Crippen molar-refractivity contribution >= 4 is 10.8 Å². The molecule has 0 radical (unpaired) electrons. The predicted molar refractivity (Wildman–Crippen MR) is 69.0 cm³/mol. The maximum Gasteiger partial charge on any atom is 0.198 e. The van der Waals surface area contributed by atoms with Gasteiger partial charge < -0.3 is 0 Å². The van der Waals surface area contributed by atoms with Crippen LogP contribution in [0.25, 0.3) is 21.9 Å². The second-order valence-corrected chi connectivity index (χ2v) is 5.04. The van der Waals surface area contributed by atoms with Gasteiger partial charge in [0.15, 0.2) is 52.4 Å². The Kier molecular flexibility index (Phi) is 4.08. The first kappa shape index (κ1) is 18.0. The molecule has 0 bridgehead atoms. The van der Waals surface area contributed by atoms with Crippen LogP contribution in [0.15, 0.2) is 12.1 Å². The molecule has 0 saturated carbocycles. The molecule has 0 fully saturated rings. The van der Waals surface area contributed by atoms with E-state index >= 15 is 0 Å². The fraction of sp³-hybridized carbons (Fsp3) is 0. The molecule has 136 valence electrons. The molecule has 0 atom stereocenters. The highest BCUT2D eigenvalue weighted by Crippen LogP contribution is 2.41. The third-order valence-electron chi connectivity index (χ3n) is 3.64. The van der Waals surface area contributed by atoms with Crippen LogP contribution in [-0.4, -0.2) is 0 Å². The lowest BCUT2D eigenvalue weighted by atomic mass is 9.94. The second kappa shape index (κ2) is 5.89. The molecule has 26 heavy (non-hydrogen) atoms. The lowest BCUT2D eigenvalue weighted by Gasteiger charge is -2.14. The van der Waals surface area contributed by atoms with Crippen molar-refractivity contribution < 1.29 is 43.9 Å². The van der Waals surface area contributed by atoms with Crippen LogP contribution in [0.4, 0.5) is 43.9 Å². The Morgan fingerprint density at radius 1 is 0.346 bits per heavy atom. The average Bonchev–Trinajstić information content (AvgIpc) is 2.61. The molecule has 3 aromatic rings. The average molecular weight is 384 g/mol. The summed E-state index contributed by atoms with van der Waals surface area (Å²) in [6.45, 7) is 0. The fourth-order valence-corrected chi connectivity index (χ4v) is 2.49. The zero-order chi connectivity index (χ0) is 19.5. The second-order valence-electron chi connectivity index (χ2n) is 5.04. The van der Waals surface area contributed by atoms with Gasteiger partial charge in [-0.3, -0.25) is 0 Å². The lowest BCUT2D eigenvalue weighted by Crippen LogP contribution is -2.08. The SMILES string of the molecule is Fc1ccc(F)c(-c2c(F)c(F)c(F)c3c(F)c(F)c(F)c(F)c23)c1F. The Hall–Kier alpha value is -2.78. The predicted octanol–water partition coefficient (Wildman–Crippen LogP) is 5.90. The van der Waals surface area contributed by atoms with E-state index in [1.54, 1.807) is 0 Å². The highest BCUT2D eigenvalue weighted by Gasteiger charge is 2.33. The van der Waals surface area contributed by atoms with Crippen molar-refractivity contribution in [3.05, 3.63) is 70.3 Å². The first-order chi connectivity index (χ1) is 12.1. The van der Waals surface area contributed by atoms with E-state index in [2.05, 4.69) is 0 Å². The van der Waals surface area contributed by atoms with Gasteiger partial charge in [-0.25, -0.2) is 43.9 Å². The van der Waals surface area contributed by atoms with E-state index in [1.165, 1.54) is 0 Å². The lowest BCUT2D eigenvalue weighted by molar-refractivity contribution is 0.410. The molecule has 0 aromatic heterocycles. The minimum absolute atomic E-state index is 0.231. The highest BCUT2D eigenvalue weighted by molar-refractivity contribution is 5.98. The van der Waals surface area contributed by atoms with E-state index in [4.69, 9.17) is 0 Å². The summed E-state index contributed by atoms with van der Waals surface area (Å²) >= 11 is 0. The topological polar surface area (TPSA) is 0 Å². The maximum atomic E-state index is 14.1. The van der Waals surface area contributed by atoms with Gasteiger partial charge in [-0.2, -0.15) is 0 Å². The van der Waals surface area contributed by atoms with Crippen LogP contribution in [0, 0.1) is 58.2 Å². The van der Waals surface area contributed by atoms with Crippen LogP contribution in [-0.2, 0) is 0 Å². The molecule has 0 heterocycles. The van der Waals surface area contributed by atoms with E-state index in [1.807, 2.05) is 0 Å². The highest BCUT2D eigenvalue weighted by atomic mass is 19.2. The van der Waals surface area contributed by atoms with Crippen LogP contribution < -0.4 is 0 Å². The minimum Gasteiger partial charge on any atom is -0.206 e. The van der Waals surface area contributed by atoms with Gasteiger partial charge >= 0.3 is 0 Å². The molecule has 0 aliphatic rings. The van der Waals surface area contributed by atoms with E-state index in [0.717, 1.165) is 0 Å². The number of rotatable bonds is 1. The number of fused-ring (bicyclic) bond motifs is 1. The molecule has 0 aliphatic heterocycles. The van der Waals surface area contributed by atoms with E-state index < -0.39 is 80.1 Å². The summed E-state index contributed by atoms with van der Waals surface area (Å²) in [6, 6.07) is 0.472. The van der Waals surface area contributed by atoms with Gasteiger partial charge in [-0.05, 0) is 12.1 Å². The third-order valence-corrected chi connectivity index (χ3v) is 3.64. The van der Waals surface area contributed by atoms with E-state index in [9.17, 15) is 43.9 Å². The van der Waals surface area contributed by atoms with Gasteiger partial charge in [-0.1, -0.05) is 0 Å². The summed E-state index contributed by atoms with van der Waals surface area (Å²) in [7, 11) is 0. The van der Waals surface area contributed by atoms with Gasteiger partial charge in [0.2, 0.25) is 0 Å². The molecular formula is C16H2F10. The van der Waals surface area contributed by atoms with Crippen molar-refractivity contribution in [2.75, 3.05) is 0 Å². The van der Waals surface area contributed by atoms with Gasteiger partial charge in [0, 0.05) is 10.9 Å². The van der Waals surface area contributed by atoms with Crippen LogP contribution in [0.1, 0.15) is 0 Å². The molecule has 3 aromatic carbocycles. The molecule has 0 unspecified atom stereocenters. The summed E-state index contributed by atoms with van der Waals surface area (Å²) < 4.78 is 137. The minimum atomic E-state index is -2.57. The molecule has 0 spiro atoms. The summed E-state index contributed by atoms with van der Waals surface area (Å²) in [5.41, 5.74) is -3.60. The van der Waals surface area contributed by atoms with Crippen molar-refractivity contribution in [1.82, 2.24) is 0 Å². The summed E-state index contributed by atoms with van der Waals surface area (Å²) in [5.74, 6) is -23.3. The largest absolute Gasteiger partial charge is 0.206 e. The molecule has 0 amide bonds. The van der Waals surface area contributed by atoms with Crippen LogP contribution in [0.3, 0.4) is 0 Å². The quantitative estimate of drug-likeness (QED) is 0.279. The zero-order valence-corrected chi connectivity index (χ0v) is 11.9. The maximum absolute atomic E-state index is 14.1. The smallest absolute Gasteiger partial charge is 0.198 e. The van der Waals surface area contributed by atoms with Crippen molar-refractivity contribution in [3.63, 3.8) is 0 Å². The van der Waals surface area contributed by atoms with E-state index in [0.29, 0.717) is 0 Å². The molecule has 10 heteroatoms. The summed E-state index contributed by atoms with van der Waals surface area (Å²) in [4.78, 5) is 0. The van der Waals surface area contributed by atoms with Crippen LogP contribution >= 0.6 is 0 Å². The summed E-state index contributed by atoms with van der Waals surface area (Å²) in [5, 5.41) is -3.76. The summed E-state index contributed by atoms with van der Waals surface area (Å²) in [6.07, 6.45) is 0. The molecule has 3 rings (SSSR count). The molecule has 0 saturated heterocycles. The number of hydrogen-bond donors (Lipinski definition) is 0. The molecule has 0 aliphatic carbocycles. The van der Waals surface area contributed by atoms with Crippen LogP contribution in [0.5, 0.6) is 0 Å². The standard InChI is InChI=1S/C16H2F10/c17-3-1-2-4(18)9(19)5(3)6-7-8(12(22)14(24)10(6)20)13(23)16(26)15(25)11(7)21/h1-2H. The molecular weight excluding hydrogens is 382 g/mol. The van der Waals surface area contributed by atoms with Gasteiger partial charge in [0.05, 0.1) is 10.9 Å². The fourth-order valence-electron chi connectivity index (χ4n) is 2.49. The third kappa shape index (κ3) is 2.24. The van der Waals surface area contributed by atoms with Crippen molar-refractivity contribution in [2.24, 2.45) is 0 Å². The van der Waals surface area contributed by atoms with Gasteiger partial charge in [0.1, 0.15) is 5.82 Å². The van der Waals surface area contributed by atoms with Crippen molar-refractivity contribution in [3.8, 4) is 11.1 Å². The Balaban J connectivity index is 2.71. The first-order valence-electron chi connectivity index (χ1n) is 6.55. The Morgan fingerprint density at radius 2 is 0.769 bits per heavy atom. The van der Waals surface area contributed by atoms with E-state index in [-0.39, 0.29) is 12.1 Å². The van der Waals surface area contributed by atoms with Crippen molar-refractivity contribution in [2.45, 2.75) is 0 Å². The van der Waals surface area contributed by atoms with Gasteiger partial charge in [0.25, 0.3) is 0 Å². The molecule has 0 N–H and O–H groups in total. The zero-order valence-electron chi connectivity index (χ0n) is 11.9. The monoisotopic (exact) mass is 384 g/mol. The Bertz CT molecular complexity index is 1080. The molecule has 0 nitrogen and oxygen atoms in total. The normalized spacial score (nSPS) is 11.5. The number of benzene rings is 3. The number of hydrogen-bond acceptors (Lipinski definition) is 0. The first-order valence-corrected chi connectivity index (χ1v) is 6.55. The Morgan fingerprint density at radius 3 is 1.31 bits per heavy atom. The Labute approximate surface area is 137 Å². The number of halogens is 10. The van der Waals surface area contributed by atoms with Crippen LogP contribution in [0.2, 0.25) is 0 Å². The van der Waals surface area contributed by atoms with Gasteiger partial charge in [-0.15, -0.1) is 0 Å².